The molecule has 0 amide bonds. The Hall–Kier alpha value is -3.74. The summed E-state index contributed by atoms with van der Waals surface area (Å²) < 4.78 is 12.2. The van der Waals surface area contributed by atoms with Crippen molar-refractivity contribution in [2.24, 2.45) is 4.99 Å². The molecule has 0 radical (unpaired) electrons. The SMILES string of the molecule is CC=Nc1c(N)nc2ccccc2c1NCC(=N)/C=C/C.CNc1ccc(F)cc1. The fourth-order valence-electron chi connectivity index (χ4n) is 2.72. The first kappa shape index (κ1) is 22.5. The van der Waals surface area contributed by atoms with E-state index < -0.39 is 0 Å². The third kappa shape index (κ3) is 6.13. The number of hydrogen-bond donors (Lipinski definition) is 4. The highest BCUT2D eigenvalue weighted by Gasteiger charge is 2.12. The summed E-state index contributed by atoms with van der Waals surface area (Å²) in [5.41, 5.74) is 9.66. The van der Waals surface area contributed by atoms with E-state index in [1.165, 1.54) is 12.1 Å². The number of fused-ring (bicyclic) bond motifs is 1. The number of nitrogen functional groups attached to an aromatic ring is 1. The lowest BCUT2D eigenvalue weighted by molar-refractivity contribution is 0.628. The Balaban J connectivity index is 0.000000297. The van der Waals surface area contributed by atoms with Crippen LogP contribution in [-0.2, 0) is 0 Å². The third-order valence-corrected chi connectivity index (χ3v) is 4.11. The van der Waals surface area contributed by atoms with Crippen molar-refractivity contribution in [1.82, 2.24) is 4.98 Å². The van der Waals surface area contributed by atoms with Crippen LogP contribution in [0, 0.1) is 11.2 Å². The van der Waals surface area contributed by atoms with E-state index in [1.807, 2.05) is 44.2 Å². The van der Waals surface area contributed by atoms with Crippen molar-refractivity contribution in [2.75, 3.05) is 30.0 Å². The van der Waals surface area contributed by atoms with Gasteiger partial charge in [0.05, 0.1) is 23.5 Å². The van der Waals surface area contributed by atoms with Gasteiger partial charge < -0.3 is 21.8 Å². The molecule has 7 heteroatoms. The van der Waals surface area contributed by atoms with Crippen molar-refractivity contribution in [2.45, 2.75) is 13.8 Å². The maximum atomic E-state index is 12.2. The van der Waals surface area contributed by atoms with Crippen molar-refractivity contribution in [3.05, 3.63) is 66.5 Å². The van der Waals surface area contributed by atoms with E-state index in [0.717, 1.165) is 22.3 Å². The zero-order valence-corrected chi connectivity index (χ0v) is 17.4. The first-order valence-corrected chi connectivity index (χ1v) is 9.54. The molecule has 0 fully saturated rings. The molecule has 6 nitrogen and oxygen atoms in total. The van der Waals surface area contributed by atoms with Gasteiger partial charge in [-0.15, -0.1) is 0 Å². The van der Waals surface area contributed by atoms with E-state index in [9.17, 15) is 4.39 Å². The number of rotatable bonds is 6. The van der Waals surface area contributed by atoms with Gasteiger partial charge in [-0.2, -0.15) is 0 Å². The number of pyridine rings is 1. The Labute approximate surface area is 176 Å². The molecule has 1 heterocycles. The zero-order valence-electron chi connectivity index (χ0n) is 17.4. The molecule has 156 valence electrons. The van der Waals surface area contributed by atoms with Gasteiger partial charge in [0, 0.05) is 24.3 Å². The van der Waals surface area contributed by atoms with Gasteiger partial charge in [0.15, 0.2) is 5.82 Å². The minimum atomic E-state index is -0.200. The number of nitrogens with one attached hydrogen (secondary N) is 3. The van der Waals surface area contributed by atoms with E-state index in [2.05, 4.69) is 20.6 Å². The van der Waals surface area contributed by atoms with E-state index in [1.54, 1.807) is 31.5 Å². The lowest BCUT2D eigenvalue weighted by Gasteiger charge is -2.13. The minimum absolute atomic E-state index is 0.200. The van der Waals surface area contributed by atoms with E-state index in [4.69, 9.17) is 11.1 Å². The van der Waals surface area contributed by atoms with Crippen LogP contribution >= 0.6 is 0 Å². The number of para-hydroxylation sites is 1. The van der Waals surface area contributed by atoms with E-state index in [-0.39, 0.29) is 5.82 Å². The van der Waals surface area contributed by atoms with Gasteiger partial charge in [0.2, 0.25) is 0 Å². The number of halogens is 1. The van der Waals surface area contributed by atoms with Crippen LogP contribution in [0.5, 0.6) is 0 Å². The molecule has 0 bridgehead atoms. The summed E-state index contributed by atoms with van der Waals surface area (Å²) in [5, 5.41) is 14.9. The first-order chi connectivity index (χ1) is 14.5. The summed E-state index contributed by atoms with van der Waals surface area (Å²) in [6, 6.07) is 14.0. The third-order valence-electron chi connectivity index (χ3n) is 4.11. The number of anilines is 3. The van der Waals surface area contributed by atoms with E-state index in [0.29, 0.717) is 23.8 Å². The van der Waals surface area contributed by atoms with Crippen LogP contribution in [0.15, 0.2) is 65.7 Å². The number of nitrogens with zero attached hydrogens (tertiary/aromatic N) is 2. The fourth-order valence-corrected chi connectivity index (χ4v) is 2.72. The van der Waals surface area contributed by atoms with Crippen molar-refractivity contribution in [1.29, 1.82) is 5.41 Å². The average Bonchev–Trinajstić information content (AvgIpc) is 2.75. The summed E-state index contributed by atoms with van der Waals surface area (Å²) in [7, 11) is 1.80. The molecule has 3 rings (SSSR count). The Kier molecular flexibility index (Phi) is 8.50. The topological polar surface area (TPSA) is 99.2 Å². The van der Waals surface area contributed by atoms with Crippen molar-refractivity contribution >= 4 is 45.7 Å². The number of hydrogen-bond acceptors (Lipinski definition) is 6. The first-order valence-electron chi connectivity index (χ1n) is 9.54. The largest absolute Gasteiger partial charge is 0.388 e. The van der Waals surface area contributed by atoms with Crippen LogP contribution in [0.3, 0.4) is 0 Å². The molecule has 0 aliphatic rings. The molecule has 0 aliphatic heterocycles. The van der Waals surface area contributed by atoms with Crippen LogP contribution in [0.1, 0.15) is 13.8 Å². The van der Waals surface area contributed by atoms with Gasteiger partial charge in [-0.1, -0.05) is 24.3 Å². The second kappa shape index (κ2) is 11.3. The molecule has 0 spiro atoms. The number of aliphatic imine (C=N–C) groups is 1. The Morgan fingerprint density at radius 3 is 2.50 bits per heavy atom. The molecule has 3 aromatic rings. The second-order valence-electron chi connectivity index (χ2n) is 6.26. The molecule has 5 N–H and O–H groups in total. The van der Waals surface area contributed by atoms with Crippen LogP contribution < -0.4 is 16.4 Å². The molecule has 0 saturated carbocycles. The molecule has 2 aromatic carbocycles. The van der Waals surface area contributed by atoms with Gasteiger partial charge in [-0.3, -0.25) is 4.99 Å². The van der Waals surface area contributed by atoms with Crippen molar-refractivity contribution < 1.29 is 4.39 Å². The quantitative estimate of drug-likeness (QED) is 0.411. The van der Waals surface area contributed by atoms with Crippen molar-refractivity contribution in [3.63, 3.8) is 0 Å². The van der Waals surface area contributed by atoms with Crippen LogP contribution in [-0.4, -0.2) is 30.5 Å². The predicted octanol–water partition coefficient (Wildman–Crippen LogP) is 5.41. The molecule has 0 unspecified atom stereocenters. The van der Waals surface area contributed by atoms with E-state index >= 15 is 0 Å². The highest BCUT2D eigenvalue weighted by Crippen LogP contribution is 2.36. The summed E-state index contributed by atoms with van der Waals surface area (Å²) in [6.07, 6.45) is 5.28. The molecule has 1 aromatic heterocycles. The smallest absolute Gasteiger partial charge is 0.152 e. The predicted molar refractivity (Wildman–Crippen MR) is 127 cm³/mol. The average molecular weight is 407 g/mol. The Morgan fingerprint density at radius 2 is 1.87 bits per heavy atom. The highest BCUT2D eigenvalue weighted by atomic mass is 19.1. The molecular weight excluding hydrogens is 379 g/mol. The van der Waals surface area contributed by atoms with Gasteiger partial charge in [0.25, 0.3) is 0 Å². The summed E-state index contributed by atoms with van der Waals surface area (Å²) in [4.78, 5) is 8.69. The van der Waals surface area contributed by atoms with Crippen LogP contribution in [0.4, 0.5) is 27.3 Å². The monoisotopic (exact) mass is 406 g/mol. The number of allylic oxidation sites excluding steroid dienone is 1. The number of benzene rings is 2. The molecule has 30 heavy (non-hydrogen) atoms. The number of aromatic nitrogens is 1. The fraction of sp³-hybridized carbons (Fsp3) is 0.174. The maximum Gasteiger partial charge on any atom is 0.152 e. The van der Waals surface area contributed by atoms with Gasteiger partial charge in [-0.05, 0) is 50.3 Å². The van der Waals surface area contributed by atoms with Gasteiger partial charge >= 0.3 is 0 Å². The van der Waals surface area contributed by atoms with Crippen LogP contribution in [0.2, 0.25) is 0 Å². The highest BCUT2D eigenvalue weighted by molar-refractivity contribution is 6.03. The normalized spacial score (nSPS) is 10.8. The summed E-state index contributed by atoms with van der Waals surface area (Å²) >= 11 is 0. The second-order valence-corrected chi connectivity index (χ2v) is 6.26. The molecular formula is C23H27FN6. The minimum Gasteiger partial charge on any atom is -0.388 e. The molecule has 0 aliphatic carbocycles. The lowest BCUT2D eigenvalue weighted by Crippen LogP contribution is -2.11. The Bertz CT molecular complexity index is 1040. The zero-order chi connectivity index (χ0) is 21.9. The standard InChI is InChI=1S/C16H19N5.C7H8FN/c1-3-7-11(17)10-20-14-12-8-5-6-9-13(12)21-16(18)15(14)19-4-2;1-9-7-4-2-6(8)3-5-7/h3-9,17H,10H2,1-2H3,(H3,18,20,21);2-5,9H,1H3/b7-3+,17-11?,19-4?;. The molecule has 0 atom stereocenters. The summed E-state index contributed by atoms with van der Waals surface area (Å²) in [6.45, 7) is 4.13. The summed E-state index contributed by atoms with van der Waals surface area (Å²) in [5.74, 6) is 0.181. The number of nitrogens with two attached hydrogens (primary N) is 1. The maximum absolute atomic E-state index is 12.2. The van der Waals surface area contributed by atoms with Gasteiger partial charge in [-0.25, -0.2) is 9.37 Å². The Morgan fingerprint density at radius 1 is 1.17 bits per heavy atom. The lowest BCUT2D eigenvalue weighted by atomic mass is 10.1. The van der Waals surface area contributed by atoms with Crippen molar-refractivity contribution in [3.8, 4) is 0 Å². The molecule has 0 saturated heterocycles. The van der Waals surface area contributed by atoms with Gasteiger partial charge in [0.1, 0.15) is 11.5 Å². The van der Waals surface area contributed by atoms with Crippen LogP contribution in [0.25, 0.3) is 10.9 Å².